The Morgan fingerprint density at radius 1 is 1.21 bits per heavy atom. The molecule has 0 aliphatic rings. The maximum atomic E-state index is 13.3. The van der Waals surface area contributed by atoms with Crippen LogP contribution >= 0.6 is 11.6 Å². The minimum absolute atomic E-state index is 0.0181. The van der Waals surface area contributed by atoms with E-state index in [0.717, 1.165) is 33.5 Å². The Bertz CT molecular complexity index is 1100. The summed E-state index contributed by atoms with van der Waals surface area (Å²) in [5, 5.41) is 8.50. The molecule has 0 fully saturated rings. The number of aromatic nitrogens is 3. The van der Waals surface area contributed by atoms with Crippen molar-refractivity contribution in [1.29, 1.82) is 0 Å². The molecule has 0 aliphatic heterocycles. The molecule has 0 unspecified atom stereocenters. The van der Waals surface area contributed by atoms with Gasteiger partial charge in [-0.3, -0.25) is 4.79 Å². The van der Waals surface area contributed by atoms with Gasteiger partial charge in [-0.1, -0.05) is 11.6 Å². The van der Waals surface area contributed by atoms with E-state index < -0.39 is 5.82 Å². The zero-order valence-corrected chi connectivity index (χ0v) is 18.4. The molecule has 0 radical (unpaired) electrons. The van der Waals surface area contributed by atoms with E-state index in [2.05, 4.69) is 33.0 Å². The van der Waals surface area contributed by atoms with Crippen molar-refractivity contribution in [3.8, 4) is 0 Å². The molecule has 0 atom stereocenters. The summed E-state index contributed by atoms with van der Waals surface area (Å²) < 4.78 is 15.2. The number of nitrogens with zero attached hydrogens (tertiary/aromatic N) is 3. The van der Waals surface area contributed by atoms with Crippen molar-refractivity contribution >= 4 is 34.2 Å². The van der Waals surface area contributed by atoms with Gasteiger partial charge in [0.2, 0.25) is 5.91 Å². The Morgan fingerprint density at radius 3 is 2.52 bits per heavy atom. The molecule has 1 N–H and O–H groups in total. The van der Waals surface area contributed by atoms with E-state index >= 15 is 0 Å². The molecule has 1 amide bonds. The van der Waals surface area contributed by atoms with Gasteiger partial charge in [0.05, 0.1) is 16.3 Å². The average Bonchev–Trinajstić information content (AvgIpc) is 2.94. The zero-order chi connectivity index (χ0) is 21.5. The number of aryl methyl sites for hydroxylation is 3. The second-order valence-electron chi connectivity index (χ2n) is 8.34. The van der Waals surface area contributed by atoms with Crippen molar-refractivity contribution in [3.63, 3.8) is 0 Å². The molecule has 154 valence electrons. The molecule has 1 aromatic carbocycles. The van der Waals surface area contributed by atoms with Crippen molar-refractivity contribution < 1.29 is 9.18 Å². The summed E-state index contributed by atoms with van der Waals surface area (Å²) in [7, 11) is 0. The number of hydrogen-bond donors (Lipinski definition) is 1. The van der Waals surface area contributed by atoms with Gasteiger partial charge in [0.1, 0.15) is 5.82 Å². The largest absolute Gasteiger partial charge is 0.326 e. The van der Waals surface area contributed by atoms with E-state index in [0.29, 0.717) is 12.1 Å². The third-order valence-corrected chi connectivity index (χ3v) is 5.30. The van der Waals surface area contributed by atoms with E-state index in [1.807, 2.05) is 18.5 Å². The first-order valence-corrected chi connectivity index (χ1v) is 9.97. The third-order valence-electron chi connectivity index (χ3n) is 5.01. The number of amides is 1. The Balaban J connectivity index is 1.84. The van der Waals surface area contributed by atoms with Crippen LogP contribution in [0, 0.1) is 26.6 Å². The van der Waals surface area contributed by atoms with Gasteiger partial charge in [-0.05, 0) is 77.3 Å². The topological polar surface area (TPSA) is 59.8 Å². The lowest BCUT2D eigenvalue weighted by atomic mass is 9.99. The number of anilines is 1. The van der Waals surface area contributed by atoms with E-state index in [1.54, 1.807) is 0 Å². The first kappa shape index (κ1) is 21.2. The number of halogens is 2. The molecular formula is C22H26ClFN4O. The minimum Gasteiger partial charge on any atom is -0.326 e. The Hall–Kier alpha value is -2.47. The Labute approximate surface area is 175 Å². The number of hydrogen-bond acceptors (Lipinski definition) is 3. The lowest BCUT2D eigenvalue weighted by Crippen LogP contribution is -2.23. The fourth-order valence-corrected chi connectivity index (χ4v) is 3.76. The van der Waals surface area contributed by atoms with Gasteiger partial charge in [-0.25, -0.2) is 14.1 Å². The van der Waals surface area contributed by atoms with Crippen molar-refractivity contribution in [2.45, 2.75) is 59.9 Å². The molecule has 2 aromatic heterocycles. The van der Waals surface area contributed by atoms with E-state index in [-0.39, 0.29) is 22.9 Å². The number of pyridine rings is 1. The second kappa shape index (κ2) is 7.75. The van der Waals surface area contributed by atoms with Crippen molar-refractivity contribution in [3.05, 3.63) is 51.6 Å². The molecule has 3 rings (SSSR count). The highest BCUT2D eigenvalue weighted by Gasteiger charge is 2.23. The van der Waals surface area contributed by atoms with Gasteiger partial charge in [0.25, 0.3) is 0 Å². The van der Waals surface area contributed by atoms with Crippen LogP contribution in [0.3, 0.4) is 0 Å². The van der Waals surface area contributed by atoms with Crippen LogP contribution in [-0.4, -0.2) is 20.7 Å². The van der Waals surface area contributed by atoms with E-state index in [9.17, 15) is 9.18 Å². The summed E-state index contributed by atoms with van der Waals surface area (Å²) in [5.74, 6) is -0.671. The first-order valence-electron chi connectivity index (χ1n) is 9.60. The lowest BCUT2D eigenvalue weighted by molar-refractivity contribution is -0.116. The highest BCUT2D eigenvalue weighted by molar-refractivity contribution is 6.31. The summed E-state index contributed by atoms with van der Waals surface area (Å²) in [6, 6.07) is 4.14. The number of fused-ring (bicyclic) bond motifs is 1. The first-order chi connectivity index (χ1) is 13.5. The molecular weight excluding hydrogens is 391 g/mol. The Morgan fingerprint density at radius 2 is 1.90 bits per heavy atom. The van der Waals surface area contributed by atoms with Gasteiger partial charge in [-0.2, -0.15) is 5.10 Å². The van der Waals surface area contributed by atoms with Crippen LogP contribution < -0.4 is 5.32 Å². The van der Waals surface area contributed by atoms with Gasteiger partial charge >= 0.3 is 0 Å². The van der Waals surface area contributed by atoms with Gasteiger partial charge < -0.3 is 5.32 Å². The minimum atomic E-state index is -0.513. The number of carbonyl (C=O) groups excluding carboxylic acids is 1. The molecule has 0 bridgehead atoms. The molecule has 0 saturated heterocycles. The van der Waals surface area contributed by atoms with Gasteiger partial charge in [0.15, 0.2) is 5.65 Å². The smallest absolute Gasteiger partial charge is 0.224 e. The predicted octanol–water partition coefficient (Wildman–Crippen LogP) is 5.48. The molecule has 29 heavy (non-hydrogen) atoms. The molecule has 5 nitrogen and oxygen atoms in total. The van der Waals surface area contributed by atoms with Gasteiger partial charge in [0, 0.05) is 23.2 Å². The molecule has 0 aliphatic carbocycles. The SMILES string of the molecule is Cc1nc2c(c(C)nn2C(C)(C)C)c(C)c1CCC(=O)Nc1ccc(F)c(Cl)c1. The number of carbonyl (C=O) groups is 1. The molecule has 7 heteroatoms. The fraction of sp³-hybridized carbons (Fsp3) is 0.409. The van der Waals surface area contributed by atoms with E-state index in [1.165, 1.54) is 18.2 Å². The molecule has 3 aromatic rings. The van der Waals surface area contributed by atoms with Crippen LogP contribution in [0.2, 0.25) is 5.02 Å². The summed E-state index contributed by atoms with van der Waals surface area (Å²) in [5.41, 5.74) is 5.19. The molecule has 0 spiro atoms. The average molecular weight is 417 g/mol. The highest BCUT2D eigenvalue weighted by Crippen LogP contribution is 2.29. The van der Waals surface area contributed by atoms with Crippen molar-refractivity contribution in [2.75, 3.05) is 5.32 Å². The summed E-state index contributed by atoms with van der Waals surface area (Å²) in [6.07, 6.45) is 0.845. The quantitative estimate of drug-likeness (QED) is 0.613. The summed E-state index contributed by atoms with van der Waals surface area (Å²) >= 11 is 5.77. The van der Waals surface area contributed by atoms with Crippen molar-refractivity contribution in [1.82, 2.24) is 14.8 Å². The van der Waals surface area contributed by atoms with Gasteiger partial charge in [-0.15, -0.1) is 0 Å². The number of rotatable bonds is 4. The van der Waals surface area contributed by atoms with Crippen LogP contribution in [0.1, 0.15) is 49.7 Å². The van der Waals surface area contributed by atoms with Crippen LogP contribution in [0.15, 0.2) is 18.2 Å². The normalized spacial score (nSPS) is 11.9. The Kier molecular flexibility index (Phi) is 5.68. The monoisotopic (exact) mass is 416 g/mol. The maximum Gasteiger partial charge on any atom is 0.224 e. The molecule has 2 heterocycles. The third kappa shape index (κ3) is 4.27. The number of benzene rings is 1. The predicted molar refractivity (Wildman–Crippen MR) is 115 cm³/mol. The lowest BCUT2D eigenvalue weighted by Gasteiger charge is -2.20. The summed E-state index contributed by atoms with van der Waals surface area (Å²) in [4.78, 5) is 17.2. The van der Waals surface area contributed by atoms with E-state index in [4.69, 9.17) is 21.7 Å². The number of nitrogens with one attached hydrogen (secondary N) is 1. The molecule has 0 saturated carbocycles. The highest BCUT2D eigenvalue weighted by atomic mass is 35.5. The maximum absolute atomic E-state index is 13.3. The van der Waals surface area contributed by atoms with Crippen LogP contribution in [0.5, 0.6) is 0 Å². The van der Waals surface area contributed by atoms with Crippen LogP contribution in [0.25, 0.3) is 11.0 Å². The second-order valence-corrected chi connectivity index (χ2v) is 8.75. The van der Waals surface area contributed by atoms with Crippen LogP contribution in [-0.2, 0) is 16.8 Å². The summed E-state index contributed by atoms with van der Waals surface area (Å²) in [6.45, 7) is 12.3. The van der Waals surface area contributed by atoms with Crippen molar-refractivity contribution in [2.24, 2.45) is 0 Å². The fourth-order valence-electron chi connectivity index (χ4n) is 3.58. The van der Waals surface area contributed by atoms with Crippen LogP contribution in [0.4, 0.5) is 10.1 Å². The standard InChI is InChI=1S/C22H26ClFN4O/c1-12-16(8-10-19(29)26-15-7-9-18(24)17(23)11-15)13(2)25-21-20(12)14(3)27-28(21)22(4,5)6/h7,9,11H,8,10H2,1-6H3,(H,26,29). The zero-order valence-electron chi connectivity index (χ0n) is 17.7.